The van der Waals surface area contributed by atoms with E-state index < -0.39 is 0 Å². The molecule has 1 N–H and O–H groups in total. The van der Waals surface area contributed by atoms with Gasteiger partial charge in [-0.25, -0.2) is 4.98 Å². The SMILES string of the molecule is COc1cccc2c(C)cc(-n3ncc(C#N)c3NC(=O)Cc3cccc4ccccc34)nc12. The summed E-state index contributed by atoms with van der Waals surface area (Å²) in [5.41, 5.74) is 2.82. The molecule has 0 saturated heterocycles. The fourth-order valence-corrected chi connectivity index (χ4v) is 4.17. The largest absolute Gasteiger partial charge is 0.494 e. The molecule has 3 aromatic carbocycles. The van der Waals surface area contributed by atoms with Crippen LogP contribution in [-0.4, -0.2) is 27.8 Å². The summed E-state index contributed by atoms with van der Waals surface area (Å²) in [6.45, 7) is 1.97. The maximum Gasteiger partial charge on any atom is 0.230 e. The lowest BCUT2D eigenvalue weighted by Crippen LogP contribution is -2.18. The van der Waals surface area contributed by atoms with Gasteiger partial charge in [0.25, 0.3) is 0 Å². The summed E-state index contributed by atoms with van der Waals surface area (Å²) in [5.74, 6) is 1.16. The number of nitrogens with one attached hydrogen (secondary N) is 1. The van der Waals surface area contributed by atoms with Gasteiger partial charge < -0.3 is 10.1 Å². The summed E-state index contributed by atoms with van der Waals surface area (Å²) in [6.07, 6.45) is 1.59. The highest BCUT2D eigenvalue weighted by atomic mass is 16.5. The van der Waals surface area contributed by atoms with Gasteiger partial charge in [0, 0.05) is 5.39 Å². The van der Waals surface area contributed by atoms with Crippen molar-refractivity contribution in [2.45, 2.75) is 13.3 Å². The van der Waals surface area contributed by atoms with Crippen molar-refractivity contribution in [3.63, 3.8) is 0 Å². The molecule has 7 heteroatoms. The Kier molecular flexibility index (Phi) is 5.40. The molecule has 0 aliphatic rings. The number of methoxy groups -OCH3 is 1. The second-order valence-electron chi connectivity index (χ2n) is 7.95. The van der Waals surface area contributed by atoms with E-state index in [0.29, 0.717) is 17.1 Å². The molecule has 0 unspecified atom stereocenters. The van der Waals surface area contributed by atoms with E-state index in [4.69, 9.17) is 9.72 Å². The van der Waals surface area contributed by atoms with Crippen LogP contribution in [0.25, 0.3) is 27.5 Å². The zero-order valence-corrected chi connectivity index (χ0v) is 18.7. The van der Waals surface area contributed by atoms with Crippen molar-refractivity contribution in [3.8, 4) is 17.6 Å². The van der Waals surface area contributed by atoms with Gasteiger partial charge in [0.05, 0.1) is 19.7 Å². The third-order valence-electron chi connectivity index (χ3n) is 5.81. The third-order valence-corrected chi connectivity index (χ3v) is 5.81. The quantitative estimate of drug-likeness (QED) is 0.412. The predicted molar refractivity (Wildman–Crippen MR) is 131 cm³/mol. The number of ether oxygens (including phenoxy) is 1. The Balaban J connectivity index is 1.53. The highest BCUT2D eigenvalue weighted by molar-refractivity contribution is 5.96. The molecule has 34 heavy (non-hydrogen) atoms. The number of pyridine rings is 1. The van der Waals surface area contributed by atoms with E-state index in [1.165, 1.54) is 10.9 Å². The van der Waals surface area contributed by atoms with Crippen molar-refractivity contribution in [2.75, 3.05) is 12.4 Å². The molecule has 0 aliphatic heterocycles. The molecule has 0 bridgehead atoms. The smallest absolute Gasteiger partial charge is 0.230 e. The van der Waals surface area contributed by atoms with Gasteiger partial charge >= 0.3 is 0 Å². The van der Waals surface area contributed by atoms with Crippen molar-refractivity contribution in [1.82, 2.24) is 14.8 Å². The minimum Gasteiger partial charge on any atom is -0.494 e. The second kappa shape index (κ2) is 8.68. The van der Waals surface area contributed by atoms with Crippen molar-refractivity contribution < 1.29 is 9.53 Å². The van der Waals surface area contributed by atoms with E-state index in [1.54, 1.807) is 7.11 Å². The topological polar surface area (TPSA) is 92.8 Å². The van der Waals surface area contributed by atoms with Gasteiger partial charge in [0.1, 0.15) is 22.9 Å². The molecule has 0 radical (unpaired) electrons. The van der Waals surface area contributed by atoms with Gasteiger partial charge in [0.2, 0.25) is 5.91 Å². The molecule has 5 rings (SSSR count). The highest BCUT2D eigenvalue weighted by Gasteiger charge is 2.18. The molecular weight excluding hydrogens is 426 g/mol. The Hall–Kier alpha value is -4.70. The number of para-hydroxylation sites is 1. The number of nitrogens with zero attached hydrogens (tertiary/aromatic N) is 4. The molecule has 166 valence electrons. The Labute approximate surface area is 196 Å². The summed E-state index contributed by atoms with van der Waals surface area (Å²) in [7, 11) is 1.60. The van der Waals surface area contributed by atoms with Crippen LogP contribution in [0.2, 0.25) is 0 Å². The molecule has 0 spiro atoms. The van der Waals surface area contributed by atoms with Crippen LogP contribution in [0.4, 0.5) is 5.82 Å². The molecular formula is C27H21N5O2. The molecule has 7 nitrogen and oxygen atoms in total. The first-order chi connectivity index (χ1) is 16.6. The van der Waals surface area contributed by atoms with Crippen LogP contribution in [0, 0.1) is 18.3 Å². The van der Waals surface area contributed by atoms with Crippen molar-refractivity contribution in [2.24, 2.45) is 0 Å². The van der Waals surface area contributed by atoms with Crippen LogP contribution < -0.4 is 10.1 Å². The molecule has 0 aliphatic carbocycles. The monoisotopic (exact) mass is 447 g/mol. The van der Waals surface area contributed by atoms with E-state index in [9.17, 15) is 10.1 Å². The summed E-state index contributed by atoms with van der Waals surface area (Å²) in [6, 6.07) is 23.5. The zero-order valence-electron chi connectivity index (χ0n) is 18.7. The molecule has 0 fully saturated rings. The molecule has 0 atom stereocenters. The molecule has 0 saturated carbocycles. The third kappa shape index (κ3) is 3.71. The van der Waals surface area contributed by atoms with E-state index in [2.05, 4.69) is 16.5 Å². The number of amides is 1. The average molecular weight is 447 g/mol. The lowest BCUT2D eigenvalue weighted by molar-refractivity contribution is -0.115. The second-order valence-corrected chi connectivity index (χ2v) is 7.95. The number of benzene rings is 3. The maximum atomic E-state index is 13.1. The zero-order chi connectivity index (χ0) is 23.7. The van der Waals surface area contributed by atoms with E-state index in [0.717, 1.165) is 27.3 Å². The van der Waals surface area contributed by atoms with Crippen LogP contribution in [0.15, 0.2) is 72.9 Å². The van der Waals surface area contributed by atoms with Gasteiger partial charge in [-0.15, -0.1) is 0 Å². The van der Waals surface area contributed by atoms with E-state index in [-0.39, 0.29) is 23.7 Å². The van der Waals surface area contributed by atoms with Crippen LogP contribution >= 0.6 is 0 Å². The van der Waals surface area contributed by atoms with Gasteiger partial charge in [0.15, 0.2) is 11.6 Å². The number of fused-ring (bicyclic) bond motifs is 2. The fourth-order valence-electron chi connectivity index (χ4n) is 4.17. The first kappa shape index (κ1) is 21.2. The average Bonchev–Trinajstić information content (AvgIpc) is 3.26. The number of carbonyl (C=O) groups excluding carboxylic acids is 1. The predicted octanol–water partition coefficient (Wildman–Crippen LogP) is 4.94. The van der Waals surface area contributed by atoms with E-state index >= 15 is 0 Å². The van der Waals surface area contributed by atoms with Crippen molar-refractivity contribution in [3.05, 3.63) is 89.6 Å². The molecule has 1 amide bonds. The van der Waals surface area contributed by atoms with Crippen LogP contribution in [0.3, 0.4) is 0 Å². The van der Waals surface area contributed by atoms with Crippen LogP contribution in [0.5, 0.6) is 5.75 Å². The number of carbonyl (C=O) groups is 1. The molecule has 2 aromatic heterocycles. The van der Waals surface area contributed by atoms with Gasteiger partial charge in [-0.3, -0.25) is 4.79 Å². The van der Waals surface area contributed by atoms with Crippen LogP contribution in [-0.2, 0) is 11.2 Å². The first-order valence-corrected chi connectivity index (χ1v) is 10.8. The summed E-state index contributed by atoms with van der Waals surface area (Å²) < 4.78 is 6.97. The Morgan fingerprint density at radius 1 is 1.09 bits per heavy atom. The number of hydrogen-bond acceptors (Lipinski definition) is 5. The van der Waals surface area contributed by atoms with E-state index in [1.807, 2.05) is 73.7 Å². The fraction of sp³-hybridized carbons (Fsp3) is 0.111. The lowest BCUT2D eigenvalue weighted by Gasteiger charge is -2.13. The summed E-state index contributed by atoms with van der Waals surface area (Å²) in [4.78, 5) is 17.8. The molecule has 5 aromatic rings. The van der Waals surface area contributed by atoms with Crippen molar-refractivity contribution in [1.29, 1.82) is 5.26 Å². The van der Waals surface area contributed by atoms with Gasteiger partial charge in [-0.1, -0.05) is 54.6 Å². The Bertz CT molecular complexity index is 1590. The minimum absolute atomic E-state index is 0.162. The summed E-state index contributed by atoms with van der Waals surface area (Å²) in [5, 5.41) is 19.9. The number of hydrogen-bond donors (Lipinski definition) is 1. The lowest BCUT2D eigenvalue weighted by atomic mass is 10.0. The number of rotatable bonds is 5. The number of nitriles is 1. The standard InChI is InChI=1S/C27H21N5O2/c1-17-13-24(30-26-21(17)11-6-12-23(26)34-2)32-27(20(15-28)16-29-32)31-25(33)14-19-9-5-8-18-7-3-4-10-22(18)19/h3-13,16H,14H2,1-2H3,(H,31,33). The van der Waals surface area contributed by atoms with Crippen LogP contribution in [0.1, 0.15) is 16.7 Å². The Morgan fingerprint density at radius 3 is 2.68 bits per heavy atom. The number of aryl methyl sites for hydroxylation is 1. The maximum absolute atomic E-state index is 13.1. The molecule has 2 heterocycles. The van der Waals surface area contributed by atoms with Gasteiger partial charge in [-0.2, -0.15) is 15.0 Å². The summed E-state index contributed by atoms with van der Waals surface area (Å²) >= 11 is 0. The normalized spacial score (nSPS) is 10.9. The van der Waals surface area contributed by atoms with Crippen molar-refractivity contribution >= 4 is 33.4 Å². The number of aromatic nitrogens is 3. The Morgan fingerprint density at radius 2 is 1.85 bits per heavy atom. The highest BCUT2D eigenvalue weighted by Crippen LogP contribution is 2.29. The minimum atomic E-state index is -0.246. The van der Waals surface area contributed by atoms with Gasteiger partial charge in [-0.05, 0) is 41.0 Å². The number of anilines is 1. The first-order valence-electron chi connectivity index (χ1n) is 10.8.